The first-order valence-corrected chi connectivity index (χ1v) is 6.31. The molecule has 17 heavy (non-hydrogen) atoms. The second-order valence-electron chi connectivity index (χ2n) is 4.49. The number of rotatable bonds is 6. The lowest BCUT2D eigenvalue weighted by atomic mass is 10.1. The molecule has 0 unspecified atom stereocenters. The van der Waals surface area contributed by atoms with E-state index in [1.54, 1.807) is 6.07 Å². The Balaban J connectivity index is 2.71. The number of halogens is 1. The first-order valence-electron chi connectivity index (χ1n) is 5.93. The summed E-state index contributed by atoms with van der Waals surface area (Å²) in [4.78, 5) is 2.29. The maximum Gasteiger partial charge on any atom is 0.0471 e. The van der Waals surface area contributed by atoms with Crippen molar-refractivity contribution in [2.75, 3.05) is 18.9 Å². The summed E-state index contributed by atoms with van der Waals surface area (Å²) in [5.74, 6) is 0. The van der Waals surface area contributed by atoms with Gasteiger partial charge in [-0.15, -0.1) is 0 Å². The van der Waals surface area contributed by atoms with Crippen LogP contribution in [0.4, 0.5) is 5.69 Å². The molecule has 96 valence electrons. The van der Waals surface area contributed by atoms with Crippen molar-refractivity contribution in [1.29, 1.82) is 0 Å². The smallest absolute Gasteiger partial charge is 0.0471 e. The molecule has 0 aliphatic rings. The minimum Gasteiger partial charge on any atom is -0.399 e. The molecular formula is C13H21ClN2O. The fraction of sp³-hybridized carbons (Fsp3) is 0.538. The van der Waals surface area contributed by atoms with Gasteiger partial charge in [-0.3, -0.25) is 4.90 Å². The zero-order valence-corrected chi connectivity index (χ0v) is 11.2. The Morgan fingerprint density at radius 1 is 1.41 bits per heavy atom. The summed E-state index contributed by atoms with van der Waals surface area (Å²) in [7, 11) is 0. The predicted molar refractivity (Wildman–Crippen MR) is 73.1 cm³/mol. The SMILES string of the molecule is CC(C)N(CCCO)Cc1ccc(N)cc1Cl. The van der Waals surface area contributed by atoms with Gasteiger partial charge in [0.1, 0.15) is 0 Å². The lowest BCUT2D eigenvalue weighted by molar-refractivity contribution is 0.185. The molecule has 3 N–H and O–H groups in total. The number of hydrogen-bond donors (Lipinski definition) is 2. The molecule has 0 fully saturated rings. The van der Waals surface area contributed by atoms with Crippen molar-refractivity contribution in [1.82, 2.24) is 4.90 Å². The third-order valence-electron chi connectivity index (χ3n) is 2.78. The Morgan fingerprint density at radius 2 is 2.12 bits per heavy atom. The Kier molecular flexibility index (Phi) is 5.75. The largest absolute Gasteiger partial charge is 0.399 e. The number of nitrogen functional groups attached to an aromatic ring is 1. The van der Waals surface area contributed by atoms with E-state index >= 15 is 0 Å². The van der Waals surface area contributed by atoms with Gasteiger partial charge in [0.15, 0.2) is 0 Å². The normalized spacial score (nSPS) is 11.4. The molecular weight excluding hydrogens is 236 g/mol. The molecule has 0 bridgehead atoms. The van der Waals surface area contributed by atoms with Gasteiger partial charge in [-0.25, -0.2) is 0 Å². The quantitative estimate of drug-likeness (QED) is 0.769. The van der Waals surface area contributed by atoms with E-state index in [-0.39, 0.29) is 6.61 Å². The average molecular weight is 257 g/mol. The summed E-state index contributed by atoms with van der Waals surface area (Å²) in [5, 5.41) is 9.59. The average Bonchev–Trinajstić information content (AvgIpc) is 2.26. The summed E-state index contributed by atoms with van der Waals surface area (Å²) < 4.78 is 0. The summed E-state index contributed by atoms with van der Waals surface area (Å²) in [6.07, 6.45) is 0.783. The Hall–Kier alpha value is -0.770. The maximum absolute atomic E-state index is 8.88. The van der Waals surface area contributed by atoms with Crippen LogP contribution in [-0.2, 0) is 6.54 Å². The van der Waals surface area contributed by atoms with E-state index in [2.05, 4.69) is 18.7 Å². The standard InChI is InChI=1S/C13H21ClN2O/c1-10(2)16(6-3-7-17)9-11-4-5-12(15)8-13(11)14/h4-5,8,10,17H,3,6-7,9,15H2,1-2H3. The zero-order chi connectivity index (χ0) is 12.8. The van der Waals surface area contributed by atoms with Crippen molar-refractivity contribution < 1.29 is 5.11 Å². The van der Waals surface area contributed by atoms with Gasteiger partial charge >= 0.3 is 0 Å². The highest BCUT2D eigenvalue weighted by Gasteiger charge is 2.11. The Labute approximate surface area is 108 Å². The first kappa shape index (κ1) is 14.3. The van der Waals surface area contributed by atoms with Gasteiger partial charge in [0, 0.05) is 36.4 Å². The third-order valence-corrected chi connectivity index (χ3v) is 3.14. The molecule has 0 saturated carbocycles. The summed E-state index contributed by atoms with van der Waals surface area (Å²) in [6.45, 7) is 6.16. The van der Waals surface area contributed by atoms with Gasteiger partial charge < -0.3 is 10.8 Å². The van der Waals surface area contributed by atoms with Crippen molar-refractivity contribution in [2.24, 2.45) is 0 Å². The van der Waals surface area contributed by atoms with Gasteiger partial charge in [0.25, 0.3) is 0 Å². The van der Waals surface area contributed by atoms with Crippen LogP contribution < -0.4 is 5.73 Å². The number of nitrogens with two attached hydrogens (primary N) is 1. The van der Waals surface area contributed by atoms with E-state index in [4.69, 9.17) is 22.4 Å². The van der Waals surface area contributed by atoms with Gasteiger partial charge in [0.05, 0.1) is 0 Å². The fourth-order valence-electron chi connectivity index (χ4n) is 1.70. The van der Waals surface area contributed by atoms with Gasteiger partial charge in [-0.05, 0) is 38.0 Å². The number of nitrogens with zero attached hydrogens (tertiary/aromatic N) is 1. The number of hydrogen-bond acceptors (Lipinski definition) is 3. The van der Waals surface area contributed by atoms with E-state index in [1.807, 2.05) is 12.1 Å². The van der Waals surface area contributed by atoms with Gasteiger partial charge in [-0.1, -0.05) is 17.7 Å². The molecule has 0 aliphatic carbocycles. The third kappa shape index (κ3) is 4.54. The number of anilines is 1. The first-order chi connectivity index (χ1) is 8.04. The molecule has 1 rings (SSSR count). The van der Waals surface area contributed by atoms with Crippen LogP contribution in [0.3, 0.4) is 0 Å². The second kappa shape index (κ2) is 6.84. The molecule has 4 heteroatoms. The van der Waals surface area contributed by atoms with Crippen molar-refractivity contribution in [3.05, 3.63) is 28.8 Å². The molecule has 0 atom stereocenters. The number of aliphatic hydroxyl groups excluding tert-OH is 1. The van der Waals surface area contributed by atoms with E-state index in [1.165, 1.54) is 0 Å². The molecule has 1 aromatic carbocycles. The van der Waals surface area contributed by atoms with Crippen LogP contribution in [0.25, 0.3) is 0 Å². The second-order valence-corrected chi connectivity index (χ2v) is 4.90. The molecule has 3 nitrogen and oxygen atoms in total. The highest BCUT2D eigenvalue weighted by molar-refractivity contribution is 6.31. The highest BCUT2D eigenvalue weighted by atomic mass is 35.5. The summed E-state index contributed by atoms with van der Waals surface area (Å²) in [5.41, 5.74) is 7.43. The van der Waals surface area contributed by atoms with Crippen LogP contribution in [0.5, 0.6) is 0 Å². The fourth-order valence-corrected chi connectivity index (χ4v) is 1.95. The Bertz CT molecular complexity index is 355. The number of aliphatic hydroxyl groups is 1. The maximum atomic E-state index is 8.88. The van der Waals surface area contributed by atoms with Crippen LogP contribution in [0, 0.1) is 0 Å². The van der Waals surface area contributed by atoms with Crippen LogP contribution >= 0.6 is 11.6 Å². The summed E-state index contributed by atoms with van der Waals surface area (Å²) >= 11 is 6.16. The molecule has 1 aromatic rings. The molecule has 0 radical (unpaired) electrons. The molecule has 0 saturated heterocycles. The van der Waals surface area contributed by atoms with Gasteiger partial charge in [-0.2, -0.15) is 0 Å². The summed E-state index contributed by atoms with van der Waals surface area (Å²) in [6, 6.07) is 6.04. The molecule has 0 aromatic heterocycles. The number of benzene rings is 1. The lowest BCUT2D eigenvalue weighted by Crippen LogP contribution is -2.31. The van der Waals surface area contributed by atoms with E-state index in [0.29, 0.717) is 16.8 Å². The van der Waals surface area contributed by atoms with E-state index in [9.17, 15) is 0 Å². The van der Waals surface area contributed by atoms with Crippen LogP contribution in [0.15, 0.2) is 18.2 Å². The van der Waals surface area contributed by atoms with Crippen molar-refractivity contribution in [2.45, 2.75) is 32.9 Å². The van der Waals surface area contributed by atoms with Crippen LogP contribution in [0.1, 0.15) is 25.8 Å². The highest BCUT2D eigenvalue weighted by Crippen LogP contribution is 2.21. The molecule has 0 amide bonds. The van der Waals surface area contributed by atoms with Crippen LogP contribution in [0.2, 0.25) is 5.02 Å². The molecule has 0 aliphatic heterocycles. The van der Waals surface area contributed by atoms with E-state index in [0.717, 1.165) is 25.1 Å². The predicted octanol–water partition coefficient (Wildman–Crippen LogP) is 2.51. The monoisotopic (exact) mass is 256 g/mol. The van der Waals surface area contributed by atoms with Crippen molar-refractivity contribution in [3.8, 4) is 0 Å². The minimum absolute atomic E-state index is 0.221. The van der Waals surface area contributed by atoms with Crippen molar-refractivity contribution >= 4 is 17.3 Å². The van der Waals surface area contributed by atoms with E-state index < -0.39 is 0 Å². The Morgan fingerprint density at radius 3 is 2.65 bits per heavy atom. The van der Waals surface area contributed by atoms with Gasteiger partial charge in [0.2, 0.25) is 0 Å². The van der Waals surface area contributed by atoms with Crippen molar-refractivity contribution in [3.63, 3.8) is 0 Å². The van der Waals surface area contributed by atoms with Crippen LogP contribution in [-0.4, -0.2) is 29.2 Å². The zero-order valence-electron chi connectivity index (χ0n) is 10.5. The molecule has 0 spiro atoms. The minimum atomic E-state index is 0.221. The lowest BCUT2D eigenvalue weighted by Gasteiger charge is -2.26. The topological polar surface area (TPSA) is 49.5 Å². The molecule has 0 heterocycles.